The normalized spacial score (nSPS) is 20.9. The lowest BCUT2D eigenvalue weighted by molar-refractivity contribution is -0.119. The molecule has 0 saturated carbocycles. The van der Waals surface area contributed by atoms with Crippen LogP contribution in [0.4, 0.5) is 0 Å². The third kappa shape index (κ3) is 5.13. The number of methoxy groups -OCH3 is 1. The van der Waals surface area contributed by atoms with Crippen LogP contribution in [0.25, 0.3) is 0 Å². The minimum Gasteiger partial charge on any atom is -0.497 e. The average Bonchev–Trinajstić information content (AvgIpc) is 2.44. The first kappa shape index (κ1) is 16.0. The Morgan fingerprint density at radius 2 is 2.05 bits per heavy atom. The van der Waals surface area contributed by atoms with E-state index in [2.05, 4.69) is 5.32 Å². The van der Waals surface area contributed by atoms with Crippen LogP contribution in [0.5, 0.6) is 5.75 Å². The van der Waals surface area contributed by atoms with E-state index in [0.717, 1.165) is 11.3 Å². The molecule has 5 nitrogen and oxygen atoms in total. The number of rotatable bonds is 6. The minimum atomic E-state index is -2.98. The number of ketones is 1. The van der Waals surface area contributed by atoms with Crippen LogP contribution in [0.2, 0.25) is 0 Å². The first-order valence-electron chi connectivity index (χ1n) is 7.07. The Bertz CT molecular complexity index is 580. The molecule has 1 aliphatic rings. The molecule has 0 bridgehead atoms. The molecule has 1 fully saturated rings. The maximum absolute atomic E-state index is 12.0. The Morgan fingerprint density at radius 3 is 2.67 bits per heavy atom. The van der Waals surface area contributed by atoms with Crippen LogP contribution >= 0.6 is 0 Å². The molecule has 116 valence electrons. The van der Waals surface area contributed by atoms with Crippen LogP contribution < -0.4 is 10.1 Å². The van der Waals surface area contributed by atoms with Crippen molar-refractivity contribution < 1.29 is 17.9 Å². The van der Waals surface area contributed by atoms with E-state index in [1.165, 1.54) is 0 Å². The second-order valence-corrected chi connectivity index (χ2v) is 7.59. The quantitative estimate of drug-likeness (QED) is 0.847. The zero-order valence-electron chi connectivity index (χ0n) is 12.2. The second-order valence-electron chi connectivity index (χ2n) is 5.36. The summed E-state index contributed by atoms with van der Waals surface area (Å²) in [7, 11) is -1.37. The van der Waals surface area contributed by atoms with Gasteiger partial charge < -0.3 is 10.1 Å². The SMILES string of the molecule is COc1ccc(CCC(=O)CC2CS(=O)(=O)CCN2)cc1. The summed E-state index contributed by atoms with van der Waals surface area (Å²) in [5.74, 6) is 1.13. The highest BCUT2D eigenvalue weighted by atomic mass is 32.2. The van der Waals surface area contributed by atoms with Crippen molar-refractivity contribution in [3.8, 4) is 5.75 Å². The van der Waals surface area contributed by atoms with Crippen LogP contribution in [0.1, 0.15) is 18.4 Å². The van der Waals surface area contributed by atoms with Gasteiger partial charge in [-0.15, -0.1) is 0 Å². The highest BCUT2D eigenvalue weighted by Crippen LogP contribution is 2.14. The Morgan fingerprint density at radius 1 is 1.33 bits per heavy atom. The zero-order valence-corrected chi connectivity index (χ0v) is 13.0. The molecule has 0 aromatic heterocycles. The lowest BCUT2D eigenvalue weighted by atomic mass is 10.0. The minimum absolute atomic E-state index is 0.0707. The molecule has 2 rings (SSSR count). The number of benzene rings is 1. The fraction of sp³-hybridized carbons (Fsp3) is 0.533. The van der Waals surface area contributed by atoms with Gasteiger partial charge in [-0.3, -0.25) is 4.79 Å². The van der Waals surface area contributed by atoms with Crippen molar-refractivity contribution in [3.05, 3.63) is 29.8 Å². The highest BCUT2D eigenvalue weighted by Gasteiger charge is 2.25. The number of ether oxygens (including phenoxy) is 1. The largest absolute Gasteiger partial charge is 0.497 e. The van der Waals surface area contributed by atoms with Crippen molar-refractivity contribution in [1.29, 1.82) is 0 Å². The maximum Gasteiger partial charge on any atom is 0.153 e. The Kier molecular flexibility index (Phi) is 5.36. The molecule has 21 heavy (non-hydrogen) atoms. The van der Waals surface area contributed by atoms with Crippen LogP contribution in [0, 0.1) is 0 Å². The first-order valence-corrected chi connectivity index (χ1v) is 8.89. The summed E-state index contributed by atoms with van der Waals surface area (Å²) in [6.07, 6.45) is 1.39. The van der Waals surface area contributed by atoms with Gasteiger partial charge in [-0.25, -0.2) is 8.42 Å². The van der Waals surface area contributed by atoms with Crippen LogP contribution in [-0.4, -0.2) is 45.4 Å². The van der Waals surface area contributed by atoms with Crippen molar-refractivity contribution in [2.75, 3.05) is 25.2 Å². The van der Waals surface area contributed by atoms with Gasteiger partial charge >= 0.3 is 0 Å². The first-order chi connectivity index (χ1) is 9.98. The predicted molar refractivity (Wildman–Crippen MR) is 81.4 cm³/mol. The van der Waals surface area contributed by atoms with Crippen molar-refractivity contribution in [1.82, 2.24) is 5.32 Å². The second kappa shape index (κ2) is 7.04. The van der Waals surface area contributed by atoms with Gasteiger partial charge in [-0.05, 0) is 24.1 Å². The van der Waals surface area contributed by atoms with E-state index in [1.54, 1.807) is 7.11 Å². The van der Waals surface area contributed by atoms with E-state index in [1.807, 2.05) is 24.3 Å². The molecule has 1 aliphatic heterocycles. The molecular weight excluding hydrogens is 290 g/mol. The monoisotopic (exact) mass is 311 g/mol. The fourth-order valence-corrected chi connectivity index (χ4v) is 3.90. The highest BCUT2D eigenvalue weighted by molar-refractivity contribution is 7.91. The fourth-order valence-electron chi connectivity index (χ4n) is 2.45. The molecule has 1 N–H and O–H groups in total. The number of Topliss-reactive ketones (excluding diaryl/α,β-unsaturated/α-hetero) is 1. The van der Waals surface area contributed by atoms with E-state index >= 15 is 0 Å². The number of carbonyl (C=O) groups excluding carboxylic acids is 1. The predicted octanol–water partition coefficient (Wildman–Crippen LogP) is 0.974. The van der Waals surface area contributed by atoms with Gasteiger partial charge in [-0.1, -0.05) is 12.1 Å². The number of hydrogen-bond donors (Lipinski definition) is 1. The summed E-state index contributed by atoms with van der Waals surface area (Å²) in [6.45, 7) is 0.443. The third-order valence-corrected chi connectivity index (χ3v) is 5.36. The molecule has 1 aromatic rings. The number of aryl methyl sites for hydroxylation is 1. The van der Waals surface area contributed by atoms with Crippen molar-refractivity contribution >= 4 is 15.6 Å². The lowest BCUT2D eigenvalue weighted by Crippen LogP contribution is -2.46. The smallest absolute Gasteiger partial charge is 0.153 e. The summed E-state index contributed by atoms with van der Waals surface area (Å²) in [4.78, 5) is 12.0. The van der Waals surface area contributed by atoms with Crippen LogP contribution in [0.3, 0.4) is 0 Å². The molecule has 1 atom stereocenters. The molecule has 0 amide bonds. The van der Waals surface area contributed by atoms with Gasteiger partial charge in [0.05, 0.1) is 18.6 Å². The third-order valence-electron chi connectivity index (χ3n) is 3.63. The van der Waals surface area contributed by atoms with Gasteiger partial charge in [0.25, 0.3) is 0 Å². The van der Waals surface area contributed by atoms with Crippen LogP contribution in [0.15, 0.2) is 24.3 Å². The number of hydrogen-bond acceptors (Lipinski definition) is 5. The number of carbonyl (C=O) groups is 1. The number of nitrogens with one attached hydrogen (secondary N) is 1. The van der Waals surface area contributed by atoms with Gasteiger partial charge in [0.1, 0.15) is 11.5 Å². The van der Waals surface area contributed by atoms with E-state index in [4.69, 9.17) is 4.74 Å². The van der Waals surface area contributed by atoms with Crippen LogP contribution in [-0.2, 0) is 21.1 Å². The Balaban J connectivity index is 1.79. The van der Waals surface area contributed by atoms with Gasteiger partial charge in [-0.2, -0.15) is 0 Å². The molecule has 1 unspecified atom stereocenters. The van der Waals surface area contributed by atoms with E-state index < -0.39 is 9.84 Å². The Labute approximate surface area is 125 Å². The van der Waals surface area contributed by atoms with Crippen molar-refractivity contribution in [2.45, 2.75) is 25.3 Å². The number of sulfone groups is 1. The molecule has 0 spiro atoms. The average molecular weight is 311 g/mol. The summed E-state index contributed by atoms with van der Waals surface area (Å²) in [5.41, 5.74) is 1.08. The van der Waals surface area contributed by atoms with E-state index in [-0.39, 0.29) is 29.8 Å². The molecule has 1 aromatic carbocycles. The molecule has 1 heterocycles. The van der Waals surface area contributed by atoms with Gasteiger partial charge in [0.2, 0.25) is 0 Å². The molecule has 0 aliphatic carbocycles. The van der Waals surface area contributed by atoms with Crippen molar-refractivity contribution in [2.24, 2.45) is 0 Å². The molecule has 0 radical (unpaired) electrons. The van der Waals surface area contributed by atoms with Gasteiger partial charge in [0, 0.05) is 25.4 Å². The molecular formula is C15H21NO4S. The summed E-state index contributed by atoms with van der Waals surface area (Å²) >= 11 is 0. The molecule has 1 saturated heterocycles. The molecule has 6 heteroatoms. The summed E-state index contributed by atoms with van der Waals surface area (Å²) in [6, 6.07) is 7.39. The topological polar surface area (TPSA) is 72.5 Å². The standard InChI is InChI=1S/C15H21NO4S/c1-20-15-6-3-12(4-7-15)2-5-14(17)10-13-11-21(18,19)9-8-16-13/h3-4,6-7,13,16H,2,5,8-11H2,1H3. The van der Waals surface area contributed by atoms with E-state index in [9.17, 15) is 13.2 Å². The van der Waals surface area contributed by atoms with E-state index in [0.29, 0.717) is 19.4 Å². The Hall–Kier alpha value is -1.40. The summed E-state index contributed by atoms with van der Waals surface area (Å²) in [5, 5.41) is 3.10. The maximum atomic E-state index is 12.0. The summed E-state index contributed by atoms with van der Waals surface area (Å²) < 4.78 is 28.1. The van der Waals surface area contributed by atoms with Crippen molar-refractivity contribution in [3.63, 3.8) is 0 Å². The zero-order chi connectivity index (χ0) is 15.3. The lowest BCUT2D eigenvalue weighted by Gasteiger charge is -2.22. The van der Waals surface area contributed by atoms with Gasteiger partial charge in [0.15, 0.2) is 9.84 Å².